The summed E-state index contributed by atoms with van der Waals surface area (Å²) in [6.07, 6.45) is 6.00. The first kappa shape index (κ1) is 11.6. The smallest absolute Gasteiger partial charge is 0.222 e. The molecule has 84 valence electrons. The maximum absolute atomic E-state index is 9.39. The number of aromatic hydroxyl groups is 1. The second-order valence-electron chi connectivity index (χ2n) is 3.45. The molecule has 5 heteroatoms. The van der Waals surface area contributed by atoms with E-state index in [4.69, 9.17) is 5.73 Å². The summed E-state index contributed by atoms with van der Waals surface area (Å²) in [6, 6.07) is 0. The van der Waals surface area contributed by atoms with Crippen LogP contribution in [0.25, 0.3) is 0 Å². The lowest BCUT2D eigenvalue weighted by Crippen LogP contribution is -2.05. The third-order valence-corrected chi connectivity index (χ3v) is 2.11. The van der Waals surface area contributed by atoms with Gasteiger partial charge in [-0.2, -0.15) is 4.98 Å². The van der Waals surface area contributed by atoms with Crippen LogP contribution in [-0.2, 0) is 0 Å². The van der Waals surface area contributed by atoms with E-state index in [1.165, 1.54) is 25.5 Å². The molecule has 5 nitrogen and oxygen atoms in total. The summed E-state index contributed by atoms with van der Waals surface area (Å²) in [5.41, 5.74) is 5.41. The number of rotatable bonds is 6. The van der Waals surface area contributed by atoms with Gasteiger partial charge in [-0.1, -0.05) is 26.2 Å². The third kappa shape index (κ3) is 4.01. The van der Waals surface area contributed by atoms with Gasteiger partial charge in [0, 0.05) is 6.54 Å². The largest absolute Gasteiger partial charge is 0.503 e. The molecule has 0 saturated carbocycles. The Bertz CT molecular complexity index is 303. The first-order valence-corrected chi connectivity index (χ1v) is 5.29. The lowest BCUT2D eigenvalue weighted by molar-refractivity contribution is 0.472. The molecular weight excluding hydrogens is 192 g/mol. The molecule has 1 rings (SSSR count). The van der Waals surface area contributed by atoms with E-state index in [1.807, 2.05) is 0 Å². The molecule has 0 aliphatic heterocycles. The lowest BCUT2D eigenvalue weighted by Gasteiger charge is -2.06. The Morgan fingerprint density at radius 3 is 2.93 bits per heavy atom. The summed E-state index contributed by atoms with van der Waals surface area (Å²) >= 11 is 0. The summed E-state index contributed by atoms with van der Waals surface area (Å²) in [5, 5.41) is 12.4. The number of hydrogen-bond donors (Lipinski definition) is 3. The van der Waals surface area contributed by atoms with Gasteiger partial charge in [0.25, 0.3) is 0 Å². The Hall–Kier alpha value is -1.52. The van der Waals surface area contributed by atoms with Crippen LogP contribution in [0.15, 0.2) is 6.20 Å². The highest BCUT2D eigenvalue weighted by atomic mass is 16.3. The van der Waals surface area contributed by atoms with E-state index in [0.29, 0.717) is 5.82 Å². The Balaban J connectivity index is 2.33. The third-order valence-electron chi connectivity index (χ3n) is 2.11. The van der Waals surface area contributed by atoms with E-state index < -0.39 is 0 Å². The molecule has 0 amide bonds. The zero-order valence-corrected chi connectivity index (χ0v) is 9.03. The van der Waals surface area contributed by atoms with Gasteiger partial charge in [0.15, 0.2) is 11.6 Å². The first-order chi connectivity index (χ1) is 7.24. The van der Waals surface area contributed by atoms with Crippen LogP contribution in [0, 0.1) is 0 Å². The molecule has 0 aromatic carbocycles. The SMILES string of the molecule is CCCCCCNc1nc(N)ncc1O. The predicted molar refractivity (Wildman–Crippen MR) is 60.7 cm³/mol. The number of aromatic nitrogens is 2. The molecule has 15 heavy (non-hydrogen) atoms. The van der Waals surface area contributed by atoms with Crippen molar-refractivity contribution >= 4 is 11.8 Å². The van der Waals surface area contributed by atoms with Crippen molar-refractivity contribution in [1.82, 2.24) is 9.97 Å². The summed E-state index contributed by atoms with van der Waals surface area (Å²) in [5.74, 6) is 0.627. The van der Waals surface area contributed by atoms with Gasteiger partial charge in [-0.3, -0.25) is 0 Å². The minimum Gasteiger partial charge on any atom is -0.503 e. The highest BCUT2D eigenvalue weighted by Gasteiger charge is 2.02. The summed E-state index contributed by atoms with van der Waals surface area (Å²) in [4.78, 5) is 7.57. The fourth-order valence-electron chi connectivity index (χ4n) is 1.28. The van der Waals surface area contributed by atoms with Gasteiger partial charge in [0.2, 0.25) is 5.95 Å². The van der Waals surface area contributed by atoms with Gasteiger partial charge in [-0.15, -0.1) is 0 Å². The van der Waals surface area contributed by atoms with Gasteiger partial charge < -0.3 is 16.2 Å². The van der Waals surface area contributed by atoms with Crippen LogP contribution in [-0.4, -0.2) is 21.6 Å². The Kier molecular flexibility index (Phi) is 4.66. The summed E-state index contributed by atoms with van der Waals surface area (Å²) < 4.78 is 0. The van der Waals surface area contributed by atoms with Crippen LogP contribution in [0.3, 0.4) is 0 Å². The van der Waals surface area contributed by atoms with Gasteiger partial charge >= 0.3 is 0 Å². The molecule has 1 aromatic heterocycles. The maximum Gasteiger partial charge on any atom is 0.222 e. The van der Waals surface area contributed by atoms with E-state index in [0.717, 1.165) is 13.0 Å². The number of unbranched alkanes of at least 4 members (excludes halogenated alkanes) is 3. The topological polar surface area (TPSA) is 84.1 Å². The fraction of sp³-hybridized carbons (Fsp3) is 0.600. The van der Waals surface area contributed by atoms with Crippen LogP contribution < -0.4 is 11.1 Å². The molecule has 0 aliphatic carbocycles. The molecule has 0 bridgehead atoms. The van der Waals surface area contributed by atoms with Crippen molar-refractivity contribution < 1.29 is 5.11 Å². The van der Waals surface area contributed by atoms with Crippen molar-refractivity contribution in [2.45, 2.75) is 32.6 Å². The van der Waals surface area contributed by atoms with Crippen molar-refractivity contribution in [3.63, 3.8) is 0 Å². The fourth-order valence-corrected chi connectivity index (χ4v) is 1.28. The average molecular weight is 210 g/mol. The van der Waals surface area contributed by atoms with Crippen molar-refractivity contribution in [2.75, 3.05) is 17.6 Å². The van der Waals surface area contributed by atoms with Crippen LogP contribution in [0.1, 0.15) is 32.6 Å². The molecule has 0 saturated heterocycles. The Morgan fingerprint density at radius 1 is 1.40 bits per heavy atom. The molecule has 0 aliphatic rings. The van der Waals surface area contributed by atoms with Crippen molar-refractivity contribution in [3.05, 3.63) is 6.20 Å². The number of nitrogens with two attached hydrogens (primary N) is 1. The van der Waals surface area contributed by atoms with E-state index >= 15 is 0 Å². The van der Waals surface area contributed by atoms with Crippen molar-refractivity contribution in [3.8, 4) is 5.75 Å². The summed E-state index contributed by atoms with van der Waals surface area (Å²) in [7, 11) is 0. The molecule has 0 spiro atoms. The van der Waals surface area contributed by atoms with E-state index in [-0.39, 0.29) is 11.7 Å². The standard InChI is InChI=1S/C10H18N4O/c1-2-3-4-5-6-12-9-8(15)7-13-10(11)14-9/h7,15H,2-6H2,1H3,(H3,11,12,13,14). The maximum atomic E-state index is 9.39. The predicted octanol–water partition coefficient (Wildman–Crippen LogP) is 1.76. The monoisotopic (exact) mass is 210 g/mol. The minimum atomic E-state index is 0.0414. The molecule has 1 heterocycles. The van der Waals surface area contributed by atoms with Gasteiger partial charge in [-0.25, -0.2) is 4.98 Å². The quantitative estimate of drug-likeness (QED) is 0.623. The van der Waals surface area contributed by atoms with Crippen molar-refractivity contribution in [2.24, 2.45) is 0 Å². The Morgan fingerprint density at radius 2 is 2.20 bits per heavy atom. The van der Waals surface area contributed by atoms with Crippen LogP contribution in [0.2, 0.25) is 0 Å². The minimum absolute atomic E-state index is 0.0414. The number of nitrogens with zero attached hydrogens (tertiary/aromatic N) is 2. The molecule has 4 N–H and O–H groups in total. The number of hydrogen-bond acceptors (Lipinski definition) is 5. The lowest BCUT2D eigenvalue weighted by atomic mass is 10.2. The van der Waals surface area contributed by atoms with E-state index in [9.17, 15) is 5.11 Å². The number of nitrogen functional groups attached to an aromatic ring is 1. The highest BCUT2D eigenvalue weighted by molar-refractivity contribution is 5.49. The average Bonchev–Trinajstić information content (AvgIpc) is 2.23. The molecule has 0 radical (unpaired) electrons. The van der Waals surface area contributed by atoms with Gasteiger partial charge in [0.05, 0.1) is 6.20 Å². The molecule has 0 unspecified atom stereocenters. The molecule has 0 fully saturated rings. The second kappa shape index (κ2) is 6.06. The van der Waals surface area contributed by atoms with Crippen LogP contribution in [0.4, 0.5) is 11.8 Å². The van der Waals surface area contributed by atoms with E-state index in [2.05, 4.69) is 22.2 Å². The van der Waals surface area contributed by atoms with Gasteiger partial charge in [-0.05, 0) is 6.42 Å². The normalized spacial score (nSPS) is 10.2. The second-order valence-corrected chi connectivity index (χ2v) is 3.45. The van der Waals surface area contributed by atoms with E-state index in [1.54, 1.807) is 0 Å². The van der Waals surface area contributed by atoms with Crippen molar-refractivity contribution in [1.29, 1.82) is 0 Å². The van der Waals surface area contributed by atoms with Crippen LogP contribution >= 0.6 is 0 Å². The zero-order valence-electron chi connectivity index (χ0n) is 9.03. The molecule has 0 atom stereocenters. The number of nitrogens with one attached hydrogen (secondary N) is 1. The van der Waals surface area contributed by atoms with Crippen LogP contribution in [0.5, 0.6) is 5.75 Å². The molecule has 1 aromatic rings. The Labute approximate surface area is 89.7 Å². The first-order valence-electron chi connectivity index (χ1n) is 5.29. The van der Waals surface area contributed by atoms with Gasteiger partial charge in [0.1, 0.15) is 0 Å². The number of anilines is 2. The highest BCUT2D eigenvalue weighted by Crippen LogP contribution is 2.19. The summed E-state index contributed by atoms with van der Waals surface area (Å²) in [6.45, 7) is 2.97. The zero-order chi connectivity index (χ0) is 11.1. The molecular formula is C10H18N4O.